The minimum atomic E-state index is 0.169. The molecule has 16 heavy (non-hydrogen) atoms. The first-order chi connectivity index (χ1) is 7.58. The molecule has 0 aliphatic carbocycles. The van der Waals surface area contributed by atoms with Crippen LogP contribution >= 0.6 is 43.2 Å². The fraction of sp³-hybridized carbons (Fsp3) is 0.545. The first-order valence-electron chi connectivity index (χ1n) is 5.32. The Morgan fingerprint density at radius 2 is 2.31 bits per heavy atom. The van der Waals surface area contributed by atoms with Crippen molar-refractivity contribution in [2.24, 2.45) is 5.92 Å². The van der Waals surface area contributed by atoms with Crippen LogP contribution < -0.4 is 0 Å². The van der Waals surface area contributed by atoms with E-state index < -0.39 is 0 Å². The van der Waals surface area contributed by atoms with Crippen molar-refractivity contribution < 1.29 is 4.79 Å². The molecule has 2 heterocycles. The number of likely N-dealkylation sites (tertiary alicyclic amines) is 1. The number of hydrogen-bond acceptors (Lipinski definition) is 2. The van der Waals surface area contributed by atoms with E-state index in [0.717, 1.165) is 32.6 Å². The highest BCUT2D eigenvalue weighted by Crippen LogP contribution is 2.33. The third-order valence-corrected chi connectivity index (χ3v) is 6.04. The highest BCUT2D eigenvalue weighted by Gasteiger charge is 2.23. The number of rotatable bonds is 1. The summed E-state index contributed by atoms with van der Waals surface area (Å²) >= 11 is 8.33. The van der Waals surface area contributed by atoms with Crippen LogP contribution in [-0.2, 0) is 0 Å². The van der Waals surface area contributed by atoms with Gasteiger partial charge in [0.05, 0.1) is 8.66 Å². The molecule has 5 heteroatoms. The van der Waals surface area contributed by atoms with Gasteiger partial charge in [0.2, 0.25) is 0 Å². The standard InChI is InChI=1S/C11H13Br2NOS/c1-7-3-2-4-14(6-7)11(15)9-5-8(12)10(13)16-9/h5,7H,2-4,6H2,1H3/t7-/m1/s1. The molecular formula is C11H13Br2NOS. The minimum Gasteiger partial charge on any atom is -0.338 e. The molecule has 88 valence electrons. The SMILES string of the molecule is C[C@@H]1CCCN(C(=O)c2cc(Br)c(Br)s2)C1. The Labute approximate surface area is 116 Å². The van der Waals surface area contributed by atoms with Crippen LogP contribution in [0.3, 0.4) is 0 Å². The number of carbonyl (C=O) groups excluding carboxylic acids is 1. The number of amides is 1. The van der Waals surface area contributed by atoms with Gasteiger partial charge in [-0.15, -0.1) is 11.3 Å². The Kier molecular flexibility index (Phi) is 4.08. The lowest BCUT2D eigenvalue weighted by Gasteiger charge is -2.30. The monoisotopic (exact) mass is 365 g/mol. The molecule has 0 unspecified atom stereocenters. The van der Waals surface area contributed by atoms with Crippen LogP contribution in [0.15, 0.2) is 14.3 Å². The lowest BCUT2D eigenvalue weighted by molar-refractivity contribution is 0.0688. The Balaban J connectivity index is 2.12. The van der Waals surface area contributed by atoms with Crippen molar-refractivity contribution in [3.05, 3.63) is 19.2 Å². The molecule has 1 amide bonds. The van der Waals surface area contributed by atoms with Crippen LogP contribution in [0.2, 0.25) is 0 Å². The summed E-state index contributed by atoms with van der Waals surface area (Å²) in [5, 5.41) is 0. The molecule has 1 aromatic heterocycles. The van der Waals surface area contributed by atoms with Gasteiger partial charge >= 0.3 is 0 Å². The van der Waals surface area contributed by atoms with Crippen molar-refractivity contribution in [2.45, 2.75) is 19.8 Å². The maximum Gasteiger partial charge on any atom is 0.264 e. The molecule has 1 aliphatic heterocycles. The van der Waals surface area contributed by atoms with Gasteiger partial charge in [-0.2, -0.15) is 0 Å². The van der Waals surface area contributed by atoms with Crippen molar-refractivity contribution in [1.29, 1.82) is 0 Å². The molecule has 2 nitrogen and oxygen atoms in total. The van der Waals surface area contributed by atoms with Crippen molar-refractivity contribution in [1.82, 2.24) is 4.90 Å². The van der Waals surface area contributed by atoms with E-state index in [9.17, 15) is 4.79 Å². The summed E-state index contributed by atoms with van der Waals surface area (Å²) in [5.41, 5.74) is 0. The van der Waals surface area contributed by atoms with E-state index in [1.807, 2.05) is 11.0 Å². The quantitative estimate of drug-likeness (QED) is 0.731. The summed E-state index contributed by atoms with van der Waals surface area (Å²) in [5.74, 6) is 0.799. The summed E-state index contributed by atoms with van der Waals surface area (Å²) in [6.45, 7) is 4.00. The Bertz CT molecular complexity index is 385. The van der Waals surface area contributed by atoms with Gasteiger partial charge in [-0.1, -0.05) is 6.92 Å². The van der Waals surface area contributed by atoms with E-state index in [-0.39, 0.29) is 5.91 Å². The number of hydrogen-bond donors (Lipinski definition) is 0. The largest absolute Gasteiger partial charge is 0.338 e. The maximum absolute atomic E-state index is 12.2. The van der Waals surface area contributed by atoms with E-state index in [0.29, 0.717) is 5.92 Å². The third kappa shape index (κ3) is 2.68. The van der Waals surface area contributed by atoms with E-state index in [2.05, 4.69) is 38.8 Å². The highest BCUT2D eigenvalue weighted by molar-refractivity contribution is 9.13. The average molecular weight is 367 g/mol. The molecule has 2 rings (SSSR count). The zero-order valence-corrected chi connectivity index (χ0v) is 13.0. The first-order valence-corrected chi connectivity index (χ1v) is 7.72. The van der Waals surface area contributed by atoms with Gasteiger partial charge in [0.25, 0.3) is 5.91 Å². The molecule has 1 atom stereocenters. The van der Waals surface area contributed by atoms with Gasteiger partial charge in [0.1, 0.15) is 0 Å². The van der Waals surface area contributed by atoms with Crippen LogP contribution in [-0.4, -0.2) is 23.9 Å². The van der Waals surface area contributed by atoms with Gasteiger partial charge in [-0.3, -0.25) is 4.79 Å². The Hall–Kier alpha value is 0.130. The second kappa shape index (κ2) is 5.19. The van der Waals surface area contributed by atoms with Crippen molar-refractivity contribution in [3.63, 3.8) is 0 Å². The van der Waals surface area contributed by atoms with Gasteiger partial charge < -0.3 is 4.90 Å². The molecule has 1 saturated heterocycles. The average Bonchev–Trinajstić information content (AvgIpc) is 2.58. The molecule has 0 saturated carbocycles. The van der Waals surface area contributed by atoms with Crippen molar-refractivity contribution >= 4 is 49.1 Å². The van der Waals surface area contributed by atoms with Crippen LogP contribution in [0, 0.1) is 5.92 Å². The van der Waals surface area contributed by atoms with Crippen molar-refractivity contribution in [3.8, 4) is 0 Å². The fourth-order valence-corrected chi connectivity index (χ4v) is 3.99. The van der Waals surface area contributed by atoms with Gasteiger partial charge in [0, 0.05) is 17.6 Å². The number of halogens is 2. The molecule has 0 bridgehead atoms. The van der Waals surface area contributed by atoms with E-state index in [1.165, 1.54) is 17.8 Å². The molecule has 1 aromatic rings. The summed E-state index contributed by atoms with van der Waals surface area (Å²) in [6, 6.07) is 1.90. The lowest BCUT2D eigenvalue weighted by atomic mass is 10.0. The second-order valence-corrected chi connectivity index (χ2v) is 7.46. The summed E-state index contributed by atoms with van der Waals surface area (Å²) in [4.78, 5) is 15.0. The number of carbonyl (C=O) groups is 1. The summed E-state index contributed by atoms with van der Waals surface area (Å²) in [6.07, 6.45) is 2.36. The number of thiophene rings is 1. The molecule has 0 radical (unpaired) electrons. The molecule has 1 aliphatic rings. The van der Waals surface area contributed by atoms with E-state index in [4.69, 9.17) is 0 Å². The lowest BCUT2D eigenvalue weighted by Crippen LogP contribution is -2.38. The summed E-state index contributed by atoms with van der Waals surface area (Å²) < 4.78 is 1.95. The first kappa shape index (κ1) is 12.6. The van der Waals surface area contributed by atoms with E-state index in [1.54, 1.807) is 0 Å². The van der Waals surface area contributed by atoms with Gasteiger partial charge in [-0.25, -0.2) is 0 Å². The molecule has 0 N–H and O–H groups in total. The normalized spacial score (nSPS) is 21.2. The molecular weight excluding hydrogens is 354 g/mol. The molecule has 0 aromatic carbocycles. The smallest absolute Gasteiger partial charge is 0.264 e. The maximum atomic E-state index is 12.2. The third-order valence-electron chi connectivity index (χ3n) is 2.80. The Morgan fingerprint density at radius 3 is 2.88 bits per heavy atom. The number of piperidine rings is 1. The van der Waals surface area contributed by atoms with Crippen LogP contribution in [0.1, 0.15) is 29.4 Å². The zero-order valence-electron chi connectivity index (χ0n) is 9.00. The topological polar surface area (TPSA) is 20.3 Å². The highest BCUT2D eigenvalue weighted by atomic mass is 79.9. The molecule has 0 spiro atoms. The van der Waals surface area contributed by atoms with Crippen molar-refractivity contribution in [2.75, 3.05) is 13.1 Å². The zero-order chi connectivity index (χ0) is 11.7. The number of nitrogens with zero attached hydrogens (tertiary/aromatic N) is 1. The predicted octanol–water partition coefficient (Wildman–Crippen LogP) is 4.15. The predicted molar refractivity (Wildman–Crippen MR) is 74.0 cm³/mol. The molecule has 1 fully saturated rings. The van der Waals surface area contributed by atoms with Crippen LogP contribution in [0.4, 0.5) is 0 Å². The Morgan fingerprint density at radius 1 is 1.56 bits per heavy atom. The van der Waals surface area contributed by atoms with Gasteiger partial charge in [0.15, 0.2) is 0 Å². The summed E-state index contributed by atoms with van der Waals surface area (Å²) in [7, 11) is 0. The van der Waals surface area contributed by atoms with Gasteiger partial charge in [-0.05, 0) is 56.7 Å². The second-order valence-electron chi connectivity index (χ2n) is 4.23. The van der Waals surface area contributed by atoms with Crippen LogP contribution in [0.5, 0.6) is 0 Å². The minimum absolute atomic E-state index is 0.169. The van der Waals surface area contributed by atoms with E-state index >= 15 is 0 Å². The van der Waals surface area contributed by atoms with Crippen LogP contribution in [0.25, 0.3) is 0 Å². The fourth-order valence-electron chi connectivity index (χ4n) is 1.98.